The molecule has 1 heterocycles. The van der Waals surface area contributed by atoms with E-state index in [9.17, 15) is 0 Å². The third kappa shape index (κ3) is 3.77. The SMILES string of the molecule is CCCCCCCc1cccnc1N. The summed E-state index contributed by atoms with van der Waals surface area (Å²) in [6, 6.07) is 4.03. The van der Waals surface area contributed by atoms with Gasteiger partial charge in [-0.25, -0.2) is 4.98 Å². The lowest BCUT2D eigenvalue weighted by Crippen LogP contribution is -1.96. The maximum Gasteiger partial charge on any atom is 0.126 e. The van der Waals surface area contributed by atoms with Crippen LogP contribution in [0.2, 0.25) is 0 Å². The Bertz CT molecular complexity index is 258. The summed E-state index contributed by atoms with van der Waals surface area (Å²) in [5, 5.41) is 0. The topological polar surface area (TPSA) is 38.9 Å². The molecule has 0 radical (unpaired) electrons. The fraction of sp³-hybridized carbons (Fsp3) is 0.583. The van der Waals surface area contributed by atoms with Gasteiger partial charge in [0.15, 0.2) is 0 Å². The van der Waals surface area contributed by atoms with E-state index < -0.39 is 0 Å². The number of pyridine rings is 1. The fourth-order valence-corrected chi connectivity index (χ4v) is 1.58. The lowest BCUT2D eigenvalue weighted by molar-refractivity contribution is 0.632. The van der Waals surface area contributed by atoms with Crippen molar-refractivity contribution in [2.24, 2.45) is 0 Å². The molecule has 0 aliphatic rings. The van der Waals surface area contributed by atoms with Crippen molar-refractivity contribution in [2.75, 3.05) is 5.73 Å². The van der Waals surface area contributed by atoms with E-state index >= 15 is 0 Å². The third-order valence-electron chi connectivity index (χ3n) is 2.48. The van der Waals surface area contributed by atoms with Gasteiger partial charge in [0.2, 0.25) is 0 Å². The summed E-state index contributed by atoms with van der Waals surface area (Å²) in [4.78, 5) is 4.07. The Morgan fingerprint density at radius 3 is 2.71 bits per heavy atom. The Morgan fingerprint density at radius 1 is 1.21 bits per heavy atom. The van der Waals surface area contributed by atoms with E-state index in [0.29, 0.717) is 5.82 Å². The lowest BCUT2D eigenvalue weighted by atomic mass is 10.1. The van der Waals surface area contributed by atoms with Crippen LogP contribution in [-0.4, -0.2) is 4.98 Å². The Morgan fingerprint density at radius 2 is 2.00 bits per heavy atom. The zero-order valence-corrected chi connectivity index (χ0v) is 9.00. The number of aryl methyl sites for hydroxylation is 1. The van der Waals surface area contributed by atoms with Crippen LogP contribution < -0.4 is 5.73 Å². The van der Waals surface area contributed by atoms with Crippen LogP contribution in [0.4, 0.5) is 5.82 Å². The molecule has 78 valence electrons. The van der Waals surface area contributed by atoms with E-state index in [2.05, 4.69) is 18.0 Å². The molecular formula is C12H20N2. The molecule has 14 heavy (non-hydrogen) atoms. The number of unbranched alkanes of at least 4 members (excludes halogenated alkanes) is 4. The van der Waals surface area contributed by atoms with Gasteiger partial charge in [-0.05, 0) is 24.5 Å². The summed E-state index contributed by atoms with van der Waals surface area (Å²) in [6.45, 7) is 2.24. The van der Waals surface area contributed by atoms with Crippen molar-refractivity contribution in [3.8, 4) is 0 Å². The highest BCUT2D eigenvalue weighted by Crippen LogP contribution is 2.12. The molecule has 0 spiro atoms. The fourth-order valence-electron chi connectivity index (χ4n) is 1.58. The first-order valence-electron chi connectivity index (χ1n) is 5.54. The zero-order valence-electron chi connectivity index (χ0n) is 9.00. The highest BCUT2D eigenvalue weighted by atomic mass is 14.8. The minimum atomic E-state index is 0.697. The number of hydrogen-bond donors (Lipinski definition) is 1. The molecule has 1 rings (SSSR count). The molecule has 0 saturated carbocycles. The number of anilines is 1. The summed E-state index contributed by atoms with van der Waals surface area (Å²) in [5.74, 6) is 0.697. The number of nitrogens with two attached hydrogens (primary N) is 1. The summed E-state index contributed by atoms with van der Waals surface area (Å²) >= 11 is 0. The van der Waals surface area contributed by atoms with Crippen LogP contribution in [0.5, 0.6) is 0 Å². The maximum absolute atomic E-state index is 5.75. The van der Waals surface area contributed by atoms with Crippen LogP contribution in [0.15, 0.2) is 18.3 Å². The van der Waals surface area contributed by atoms with Gasteiger partial charge in [-0.1, -0.05) is 38.7 Å². The van der Waals surface area contributed by atoms with Crippen LogP contribution >= 0.6 is 0 Å². The average molecular weight is 192 g/mol. The van der Waals surface area contributed by atoms with Crippen LogP contribution in [0, 0.1) is 0 Å². The third-order valence-corrected chi connectivity index (χ3v) is 2.48. The molecule has 0 atom stereocenters. The van der Waals surface area contributed by atoms with Crippen molar-refractivity contribution in [2.45, 2.75) is 45.4 Å². The van der Waals surface area contributed by atoms with Gasteiger partial charge in [0, 0.05) is 6.20 Å². The largest absolute Gasteiger partial charge is 0.383 e. The molecule has 2 N–H and O–H groups in total. The molecule has 0 fully saturated rings. The van der Waals surface area contributed by atoms with Crippen molar-refractivity contribution in [3.05, 3.63) is 23.9 Å². The Balaban J connectivity index is 2.21. The molecule has 0 saturated heterocycles. The first-order valence-corrected chi connectivity index (χ1v) is 5.54. The van der Waals surface area contributed by atoms with Gasteiger partial charge in [0.25, 0.3) is 0 Å². The summed E-state index contributed by atoms with van der Waals surface area (Å²) in [7, 11) is 0. The van der Waals surface area contributed by atoms with Crippen molar-refractivity contribution in [1.29, 1.82) is 0 Å². The minimum Gasteiger partial charge on any atom is -0.383 e. The molecule has 0 aliphatic carbocycles. The van der Waals surface area contributed by atoms with Crippen molar-refractivity contribution in [1.82, 2.24) is 4.98 Å². The van der Waals surface area contributed by atoms with E-state index in [4.69, 9.17) is 5.73 Å². The quantitative estimate of drug-likeness (QED) is 0.703. The van der Waals surface area contributed by atoms with Gasteiger partial charge in [-0.2, -0.15) is 0 Å². The van der Waals surface area contributed by atoms with E-state index in [1.54, 1.807) is 6.20 Å². The van der Waals surface area contributed by atoms with Crippen LogP contribution in [0.1, 0.15) is 44.6 Å². The van der Waals surface area contributed by atoms with E-state index in [1.165, 1.54) is 37.7 Å². The van der Waals surface area contributed by atoms with E-state index in [1.807, 2.05) is 6.07 Å². The average Bonchev–Trinajstić information content (AvgIpc) is 2.20. The first kappa shape index (κ1) is 11.0. The van der Waals surface area contributed by atoms with Crippen LogP contribution in [-0.2, 0) is 6.42 Å². The highest BCUT2D eigenvalue weighted by Gasteiger charge is 1.98. The van der Waals surface area contributed by atoms with Gasteiger partial charge >= 0.3 is 0 Å². The standard InChI is InChI=1S/C12H20N2/c1-2-3-4-5-6-8-11-9-7-10-14-12(11)13/h7,9-10H,2-6,8H2,1H3,(H2,13,14). The van der Waals surface area contributed by atoms with Gasteiger partial charge in [0.05, 0.1) is 0 Å². The van der Waals surface area contributed by atoms with Gasteiger partial charge < -0.3 is 5.73 Å². The first-order chi connectivity index (χ1) is 6.84. The van der Waals surface area contributed by atoms with Crippen molar-refractivity contribution < 1.29 is 0 Å². The molecule has 0 aliphatic heterocycles. The molecule has 2 heteroatoms. The smallest absolute Gasteiger partial charge is 0.126 e. The van der Waals surface area contributed by atoms with Crippen LogP contribution in [0.3, 0.4) is 0 Å². The molecule has 0 bridgehead atoms. The zero-order chi connectivity index (χ0) is 10.2. The molecule has 0 amide bonds. The summed E-state index contributed by atoms with van der Waals surface area (Å²) in [6.07, 6.45) is 9.35. The second-order valence-electron chi connectivity index (χ2n) is 3.71. The summed E-state index contributed by atoms with van der Waals surface area (Å²) in [5.41, 5.74) is 6.95. The predicted octanol–water partition coefficient (Wildman–Crippen LogP) is 3.18. The lowest BCUT2D eigenvalue weighted by Gasteiger charge is -2.03. The Hall–Kier alpha value is -1.05. The molecule has 1 aromatic heterocycles. The molecule has 1 aromatic rings. The number of nitrogens with zero attached hydrogens (tertiary/aromatic N) is 1. The van der Waals surface area contributed by atoms with E-state index in [0.717, 1.165) is 6.42 Å². The second-order valence-corrected chi connectivity index (χ2v) is 3.71. The molecule has 2 nitrogen and oxygen atoms in total. The number of rotatable bonds is 6. The predicted molar refractivity (Wildman–Crippen MR) is 61.1 cm³/mol. The monoisotopic (exact) mass is 192 g/mol. The number of hydrogen-bond acceptors (Lipinski definition) is 2. The minimum absolute atomic E-state index is 0.697. The van der Waals surface area contributed by atoms with Crippen LogP contribution in [0.25, 0.3) is 0 Å². The molecule has 0 aromatic carbocycles. The number of aromatic nitrogens is 1. The molecular weight excluding hydrogens is 172 g/mol. The van der Waals surface area contributed by atoms with E-state index in [-0.39, 0.29) is 0 Å². The highest BCUT2D eigenvalue weighted by molar-refractivity contribution is 5.38. The van der Waals surface area contributed by atoms with Gasteiger partial charge in [0.1, 0.15) is 5.82 Å². The van der Waals surface area contributed by atoms with Crippen molar-refractivity contribution >= 4 is 5.82 Å². The maximum atomic E-state index is 5.75. The summed E-state index contributed by atoms with van der Waals surface area (Å²) < 4.78 is 0. The second kappa shape index (κ2) is 6.41. The van der Waals surface area contributed by atoms with Gasteiger partial charge in [-0.15, -0.1) is 0 Å². The Labute approximate surface area is 86.5 Å². The van der Waals surface area contributed by atoms with Gasteiger partial charge in [-0.3, -0.25) is 0 Å². The normalized spacial score (nSPS) is 10.4. The Kier molecular flexibility index (Phi) is 5.05. The van der Waals surface area contributed by atoms with Crippen molar-refractivity contribution in [3.63, 3.8) is 0 Å². The number of nitrogen functional groups attached to an aromatic ring is 1. The molecule has 0 unspecified atom stereocenters.